The van der Waals surface area contributed by atoms with Crippen LogP contribution in [0.5, 0.6) is 0 Å². The Morgan fingerprint density at radius 2 is 1.88 bits per heavy atom. The van der Waals surface area contributed by atoms with Crippen LogP contribution in [0.15, 0.2) is 29.2 Å². The van der Waals surface area contributed by atoms with Crippen molar-refractivity contribution < 1.29 is 0 Å². The number of nitrogens with zero attached hydrogens (tertiary/aromatic N) is 3. The van der Waals surface area contributed by atoms with Crippen molar-refractivity contribution in [3.8, 4) is 18.2 Å². The maximum absolute atomic E-state index is 9.46. The number of thioether (sulfide) groups is 1. The lowest BCUT2D eigenvalue weighted by Gasteiger charge is -2.33. The minimum absolute atomic E-state index is 0.553. The molecule has 0 N–H and O–H groups in total. The van der Waals surface area contributed by atoms with E-state index >= 15 is 0 Å². The van der Waals surface area contributed by atoms with E-state index in [2.05, 4.69) is 6.07 Å². The van der Waals surface area contributed by atoms with Crippen LogP contribution in [0.2, 0.25) is 0 Å². The summed E-state index contributed by atoms with van der Waals surface area (Å²) in [5, 5.41) is 27.6. The summed E-state index contributed by atoms with van der Waals surface area (Å²) in [6.07, 6.45) is 0.553. The zero-order chi connectivity index (χ0) is 12.3. The van der Waals surface area contributed by atoms with Gasteiger partial charge in [-0.3, -0.25) is 0 Å². The Morgan fingerprint density at radius 3 is 2.53 bits per heavy atom. The van der Waals surface area contributed by atoms with Crippen molar-refractivity contribution in [2.24, 2.45) is 5.92 Å². The van der Waals surface area contributed by atoms with Gasteiger partial charge in [-0.05, 0) is 23.8 Å². The molecule has 0 spiro atoms. The summed E-state index contributed by atoms with van der Waals surface area (Å²) in [5.41, 5.74) is -0.141. The highest BCUT2D eigenvalue weighted by Crippen LogP contribution is 2.45. The molecular formula is C13H9N3S. The molecule has 3 nitrogen and oxygen atoms in total. The molecule has 1 aromatic rings. The Bertz CT molecular complexity index is 547. The second kappa shape index (κ2) is 4.50. The summed E-state index contributed by atoms with van der Waals surface area (Å²) < 4.78 is 0. The van der Waals surface area contributed by atoms with Gasteiger partial charge < -0.3 is 0 Å². The lowest BCUT2D eigenvalue weighted by molar-refractivity contribution is 0.458. The lowest BCUT2D eigenvalue weighted by atomic mass is 9.70. The molecule has 1 aliphatic rings. The molecule has 1 aromatic carbocycles. The quantitative estimate of drug-likeness (QED) is 0.755. The van der Waals surface area contributed by atoms with Crippen LogP contribution in [0.4, 0.5) is 0 Å². The van der Waals surface area contributed by atoms with Gasteiger partial charge in [-0.1, -0.05) is 18.2 Å². The van der Waals surface area contributed by atoms with Crippen molar-refractivity contribution in [2.75, 3.05) is 5.75 Å². The second-order valence-corrected chi connectivity index (χ2v) is 5.01. The van der Waals surface area contributed by atoms with E-state index in [4.69, 9.17) is 10.5 Å². The van der Waals surface area contributed by atoms with Crippen LogP contribution in [0.3, 0.4) is 0 Å². The topological polar surface area (TPSA) is 71.4 Å². The average molecular weight is 239 g/mol. The summed E-state index contributed by atoms with van der Waals surface area (Å²) in [5.74, 6) is -0.140. The summed E-state index contributed by atoms with van der Waals surface area (Å²) in [6, 6.07) is 13.7. The standard InChI is InChI=1S/C13H9N3S/c14-7-10(8-15)13(9-16)5-6-17-12-4-2-1-3-11(12)13/h1-4,10H,5-6H2. The predicted octanol–water partition coefficient (Wildman–Crippen LogP) is 2.61. The first-order valence-electron chi connectivity index (χ1n) is 5.21. The molecule has 1 unspecified atom stereocenters. The molecule has 1 heterocycles. The van der Waals surface area contributed by atoms with Crippen LogP contribution in [-0.4, -0.2) is 5.75 Å². The third-order valence-electron chi connectivity index (χ3n) is 3.07. The number of hydrogen-bond donors (Lipinski definition) is 0. The smallest absolute Gasteiger partial charge is 0.156 e. The first-order chi connectivity index (χ1) is 8.28. The molecule has 0 radical (unpaired) electrons. The first-order valence-corrected chi connectivity index (χ1v) is 6.20. The first kappa shape index (κ1) is 11.5. The number of hydrogen-bond acceptors (Lipinski definition) is 4. The maximum Gasteiger partial charge on any atom is 0.156 e. The van der Waals surface area contributed by atoms with Gasteiger partial charge in [0, 0.05) is 4.90 Å². The monoisotopic (exact) mass is 239 g/mol. The largest absolute Gasteiger partial charge is 0.197 e. The zero-order valence-corrected chi connectivity index (χ0v) is 9.87. The fourth-order valence-corrected chi connectivity index (χ4v) is 3.37. The average Bonchev–Trinajstić information content (AvgIpc) is 2.40. The van der Waals surface area contributed by atoms with Crippen molar-refractivity contribution in [1.29, 1.82) is 15.8 Å². The number of nitriles is 3. The lowest BCUT2D eigenvalue weighted by Crippen LogP contribution is -2.35. The molecule has 0 saturated heterocycles. The van der Waals surface area contributed by atoms with Crippen LogP contribution in [0.25, 0.3) is 0 Å². The van der Waals surface area contributed by atoms with Gasteiger partial charge in [0.15, 0.2) is 5.92 Å². The number of benzene rings is 1. The van der Waals surface area contributed by atoms with Gasteiger partial charge in [0.25, 0.3) is 0 Å². The van der Waals surface area contributed by atoms with Crippen molar-refractivity contribution in [2.45, 2.75) is 16.7 Å². The van der Waals surface area contributed by atoms with E-state index in [0.29, 0.717) is 6.42 Å². The molecule has 1 atom stereocenters. The minimum atomic E-state index is -0.967. The van der Waals surface area contributed by atoms with Gasteiger partial charge >= 0.3 is 0 Å². The van der Waals surface area contributed by atoms with E-state index in [9.17, 15) is 5.26 Å². The van der Waals surface area contributed by atoms with Crippen LogP contribution in [0, 0.1) is 39.9 Å². The van der Waals surface area contributed by atoms with E-state index in [1.54, 1.807) is 11.8 Å². The summed E-state index contributed by atoms with van der Waals surface area (Å²) in [6.45, 7) is 0. The van der Waals surface area contributed by atoms with Crippen molar-refractivity contribution >= 4 is 11.8 Å². The zero-order valence-electron chi connectivity index (χ0n) is 9.05. The summed E-state index contributed by atoms with van der Waals surface area (Å²) >= 11 is 1.67. The molecular weight excluding hydrogens is 230 g/mol. The van der Waals surface area contributed by atoms with Crippen LogP contribution < -0.4 is 0 Å². The fourth-order valence-electron chi connectivity index (χ4n) is 2.15. The molecule has 0 aromatic heterocycles. The Morgan fingerprint density at radius 1 is 1.18 bits per heavy atom. The summed E-state index contributed by atoms with van der Waals surface area (Å²) in [4.78, 5) is 1.01. The Kier molecular flexibility index (Phi) is 3.05. The van der Waals surface area contributed by atoms with Gasteiger partial charge in [0.05, 0.1) is 18.2 Å². The molecule has 0 saturated carbocycles. The Hall–Kier alpha value is -1.96. The summed E-state index contributed by atoms with van der Waals surface area (Å²) in [7, 11) is 0. The van der Waals surface area contributed by atoms with E-state index in [0.717, 1.165) is 16.2 Å². The minimum Gasteiger partial charge on any atom is -0.197 e. The molecule has 17 heavy (non-hydrogen) atoms. The van der Waals surface area contributed by atoms with Crippen molar-refractivity contribution in [1.82, 2.24) is 0 Å². The molecule has 0 fully saturated rings. The van der Waals surface area contributed by atoms with Crippen molar-refractivity contribution in [3.63, 3.8) is 0 Å². The highest BCUT2D eigenvalue weighted by molar-refractivity contribution is 7.99. The predicted molar refractivity (Wildman–Crippen MR) is 63.8 cm³/mol. The maximum atomic E-state index is 9.46. The number of fused-ring (bicyclic) bond motifs is 1. The molecule has 4 heteroatoms. The molecule has 2 rings (SSSR count). The Labute approximate surface area is 104 Å². The van der Waals surface area contributed by atoms with Crippen LogP contribution in [0.1, 0.15) is 12.0 Å². The molecule has 0 aliphatic carbocycles. The third-order valence-corrected chi connectivity index (χ3v) is 4.15. The highest BCUT2D eigenvalue weighted by Gasteiger charge is 2.44. The Balaban J connectivity index is 2.64. The third kappa shape index (κ3) is 1.66. The van der Waals surface area contributed by atoms with E-state index in [1.165, 1.54) is 0 Å². The van der Waals surface area contributed by atoms with Gasteiger partial charge in [-0.15, -0.1) is 11.8 Å². The van der Waals surface area contributed by atoms with Crippen molar-refractivity contribution in [3.05, 3.63) is 29.8 Å². The highest BCUT2D eigenvalue weighted by atomic mass is 32.2. The van der Waals surface area contributed by atoms with E-state index in [1.807, 2.05) is 36.4 Å². The van der Waals surface area contributed by atoms with Crippen LogP contribution >= 0.6 is 11.8 Å². The van der Waals surface area contributed by atoms with Gasteiger partial charge in [0.1, 0.15) is 5.41 Å². The molecule has 0 bridgehead atoms. The molecule has 82 valence electrons. The number of rotatable bonds is 1. The van der Waals surface area contributed by atoms with Gasteiger partial charge in [-0.2, -0.15) is 15.8 Å². The van der Waals surface area contributed by atoms with Gasteiger partial charge in [0.2, 0.25) is 0 Å². The SMILES string of the molecule is N#CC(C#N)C1(C#N)CCSc2ccccc21. The normalized spacial score (nSPS) is 22.0. The molecule has 0 amide bonds. The van der Waals surface area contributed by atoms with E-state index < -0.39 is 11.3 Å². The van der Waals surface area contributed by atoms with Crippen LogP contribution in [-0.2, 0) is 5.41 Å². The fraction of sp³-hybridized carbons (Fsp3) is 0.308. The molecule has 1 aliphatic heterocycles. The van der Waals surface area contributed by atoms with E-state index in [-0.39, 0.29) is 0 Å². The second-order valence-electron chi connectivity index (χ2n) is 3.87. The van der Waals surface area contributed by atoms with Gasteiger partial charge in [-0.25, -0.2) is 0 Å².